The summed E-state index contributed by atoms with van der Waals surface area (Å²) in [5.41, 5.74) is 0.160. The van der Waals surface area contributed by atoms with E-state index in [-0.39, 0.29) is 19.4 Å². The molecule has 10 nitrogen and oxygen atoms in total. The Morgan fingerprint density at radius 2 is 1.90 bits per heavy atom. The number of carbonyl (C=O) groups is 1. The van der Waals surface area contributed by atoms with Crippen LogP contribution in [0.4, 0.5) is 29.3 Å². The summed E-state index contributed by atoms with van der Waals surface area (Å²) in [6.45, 7) is 4.77. The van der Waals surface area contributed by atoms with Crippen molar-refractivity contribution in [3.63, 3.8) is 0 Å². The molecule has 2 aromatic rings. The van der Waals surface area contributed by atoms with E-state index in [0.717, 1.165) is 32.5 Å². The van der Waals surface area contributed by atoms with E-state index in [9.17, 15) is 18.0 Å². The van der Waals surface area contributed by atoms with E-state index >= 15 is 0 Å². The monoisotopic (exact) mass is 561 g/mol. The second-order valence-electron chi connectivity index (χ2n) is 12.3. The van der Waals surface area contributed by atoms with Gasteiger partial charge >= 0.3 is 6.03 Å². The Bertz CT molecular complexity index is 1260. The fourth-order valence-corrected chi connectivity index (χ4v) is 5.53. The van der Waals surface area contributed by atoms with Gasteiger partial charge in [0.05, 0.1) is 29.7 Å². The Hall–Kier alpha value is -3.35. The number of amides is 2. The summed E-state index contributed by atoms with van der Waals surface area (Å²) >= 11 is 0. The smallest absolute Gasteiger partial charge is 0.322 e. The molecular formula is C27H38F3N9O. The molecule has 1 spiro atoms. The maximum absolute atomic E-state index is 14.4. The molecule has 2 aromatic heterocycles. The molecule has 0 aromatic carbocycles. The van der Waals surface area contributed by atoms with Crippen molar-refractivity contribution in [1.29, 1.82) is 5.41 Å². The topological polar surface area (TPSA) is 116 Å². The first-order chi connectivity index (χ1) is 18.8. The van der Waals surface area contributed by atoms with Crippen LogP contribution in [0.5, 0.6) is 0 Å². The van der Waals surface area contributed by atoms with Gasteiger partial charge < -0.3 is 25.3 Å². The Morgan fingerprint density at radius 1 is 1.20 bits per heavy atom. The number of piperidine rings is 1. The molecule has 0 unspecified atom stereocenters. The number of amidine groups is 1. The number of halogens is 3. The molecule has 5 rings (SSSR count). The molecule has 1 aliphatic carbocycles. The van der Waals surface area contributed by atoms with Gasteiger partial charge in [-0.1, -0.05) is 0 Å². The molecule has 2 amide bonds. The first kappa shape index (κ1) is 28.2. The molecule has 0 radical (unpaired) electrons. The number of nitrogens with one attached hydrogen (secondary N) is 4. The zero-order chi connectivity index (χ0) is 28.9. The number of pyridine rings is 1. The minimum absolute atomic E-state index is 0.0117. The van der Waals surface area contributed by atoms with E-state index in [1.165, 1.54) is 24.9 Å². The van der Waals surface area contributed by atoms with Crippen LogP contribution in [0.1, 0.15) is 45.1 Å². The third-order valence-electron chi connectivity index (χ3n) is 7.88. The minimum Gasteiger partial charge on any atom is -0.381 e. The lowest BCUT2D eigenvalue weighted by molar-refractivity contribution is -0.0721. The maximum Gasteiger partial charge on any atom is 0.322 e. The molecule has 13 heteroatoms. The Morgan fingerprint density at radius 3 is 2.55 bits per heavy atom. The Labute approximate surface area is 232 Å². The minimum atomic E-state index is -2.92. The normalized spacial score (nSPS) is 20.0. The molecule has 4 heterocycles. The van der Waals surface area contributed by atoms with Gasteiger partial charge in [-0.25, -0.2) is 18.0 Å². The van der Waals surface area contributed by atoms with Gasteiger partial charge in [0.2, 0.25) is 0 Å². The lowest BCUT2D eigenvalue weighted by Gasteiger charge is -2.42. The lowest BCUT2D eigenvalue weighted by atomic mass is 9.97. The van der Waals surface area contributed by atoms with Crippen LogP contribution in [0.15, 0.2) is 18.5 Å². The van der Waals surface area contributed by atoms with Gasteiger partial charge in [0.25, 0.3) is 5.92 Å². The van der Waals surface area contributed by atoms with E-state index in [0.29, 0.717) is 40.1 Å². The highest BCUT2D eigenvalue weighted by atomic mass is 19.3. The zero-order valence-electron chi connectivity index (χ0n) is 23.5. The highest BCUT2D eigenvalue weighted by Gasteiger charge is 2.57. The van der Waals surface area contributed by atoms with E-state index in [1.54, 1.807) is 12.3 Å². The third-order valence-corrected chi connectivity index (χ3v) is 7.88. The number of aromatic nitrogens is 3. The summed E-state index contributed by atoms with van der Waals surface area (Å²) < 4.78 is 42.8. The van der Waals surface area contributed by atoms with Crippen LogP contribution in [0.25, 0.3) is 11.4 Å². The lowest BCUT2D eigenvalue weighted by Crippen LogP contribution is -2.54. The van der Waals surface area contributed by atoms with Gasteiger partial charge in [-0.3, -0.25) is 15.5 Å². The van der Waals surface area contributed by atoms with Crippen molar-refractivity contribution in [3.8, 4) is 11.4 Å². The van der Waals surface area contributed by atoms with Crippen molar-refractivity contribution in [1.82, 2.24) is 29.9 Å². The van der Waals surface area contributed by atoms with E-state index < -0.39 is 29.7 Å². The van der Waals surface area contributed by atoms with Crippen molar-refractivity contribution >= 4 is 23.2 Å². The fourth-order valence-electron chi connectivity index (χ4n) is 5.53. The second kappa shape index (κ2) is 10.2. The van der Waals surface area contributed by atoms with Gasteiger partial charge in [-0.15, -0.1) is 0 Å². The van der Waals surface area contributed by atoms with Gasteiger partial charge in [0.15, 0.2) is 0 Å². The number of rotatable bonds is 8. The predicted molar refractivity (Wildman–Crippen MR) is 148 cm³/mol. The van der Waals surface area contributed by atoms with Crippen molar-refractivity contribution < 1.29 is 18.0 Å². The molecule has 1 saturated carbocycles. The summed E-state index contributed by atoms with van der Waals surface area (Å²) in [6.07, 6.45) is 4.48. The van der Waals surface area contributed by atoms with Gasteiger partial charge in [-0.2, -0.15) is 5.10 Å². The number of nitrogens with zero attached hydrogens (tertiary/aromatic N) is 5. The number of alkyl halides is 3. The molecule has 3 aliphatic rings. The standard InChI is InChI=1S/C27H38F3N9O/c1-25(2,28)15-33-19-9-20(32-10-18(19)23(31)38-13-17(14-38)12-37(3)4)22-21(11-34-36-22)35-24(40)39-16-27(29,30)8-7-26(39)5-6-26/h9-11,17,31H,5-8,12-16H2,1-4H3,(H,32,33)(H,34,36)(H,35,40). The van der Waals surface area contributed by atoms with Crippen LogP contribution in [0.3, 0.4) is 0 Å². The highest BCUT2D eigenvalue weighted by Crippen LogP contribution is 2.51. The number of hydrogen-bond acceptors (Lipinski definition) is 6. The fraction of sp³-hybridized carbons (Fsp3) is 0.630. The summed E-state index contributed by atoms with van der Waals surface area (Å²) in [5, 5.41) is 21.6. The number of carbonyl (C=O) groups excluding carboxylic acids is 1. The maximum atomic E-state index is 14.4. The first-order valence-electron chi connectivity index (χ1n) is 13.7. The molecule has 218 valence electrons. The van der Waals surface area contributed by atoms with Crippen LogP contribution in [0.2, 0.25) is 0 Å². The van der Waals surface area contributed by atoms with Gasteiger partial charge in [0, 0.05) is 55.9 Å². The summed E-state index contributed by atoms with van der Waals surface area (Å²) in [5.74, 6) is -2.15. The van der Waals surface area contributed by atoms with E-state index in [1.807, 2.05) is 19.0 Å². The number of likely N-dealkylation sites (tertiary alicyclic amines) is 2. The number of urea groups is 1. The first-order valence-corrected chi connectivity index (χ1v) is 13.7. The number of aromatic amines is 1. The highest BCUT2D eigenvalue weighted by molar-refractivity contribution is 6.02. The van der Waals surface area contributed by atoms with Crippen molar-refractivity contribution in [2.45, 2.75) is 56.7 Å². The molecule has 2 saturated heterocycles. The molecule has 4 N–H and O–H groups in total. The predicted octanol–water partition coefficient (Wildman–Crippen LogP) is 4.25. The summed E-state index contributed by atoms with van der Waals surface area (Å²) in [7, 11) is 4.05. The number of hydrogen-bond donors (Lipinski definition) is 4. The Balaban J connectivity index is 1.36. The van der Waals surface area contributed by atoms with Crippen molar-refractivity contribution in [3.05, 3.63) is 24.0 Å². The molecular weight excluding hydrogens is 523 g/mol. The average molecular weight is 562 g/mol. The van der Waals surface area contributed by atoms with Crippen LogP contribution < -0.4 is 10.6 Å². The van der Waals surface area contributed by atoms with Gasteiger partial charge in [0.1, 0.15) is 17.2 Å². The molecule has 2 aliphatic heterocycles. The number of H-pyrrole nitrogens is 1. The average Bonchev–Trinajstić information content (AvgIpc) is 3.48. The Kier molecular flexibility index (Phi) is 7.22. The molecule has 3 fully saturated rings. The number of anilines is 2. The van der Waals surface area contributed by atoms with Gasteiger partial charge in [-0.05, 0) is 53.3 Å². The molecule has 40 heavy (non-hydrogen) atoms. The van der Waals surface area contributed by atoms with Crippen LogP contribution >= 0.6 is 0 Å². The quantitative estimate of drug-likeness (QED) is 0.283. The van der Waals surface area contributed by atoms with E-state index in [2.05, 4.69) is 30.7 Å². The summed E-state index contributed by atoms with van der Waals surface area (Å²) in [4.78, 5) is 23.0. The van der Waals surface area contributed by atoms with Crippen molar-refractivity contribution in [2.24, 2.45) is 5.92 Å². The largest absolute Gasteiger partial charge is 0.381 e. The van der Waals surface area contributed by atoms with Crippen LogP contribution in [0, 0.1) is 11.3 Å². The zero-order valence-corrected chi connectivity index (χ0v) is 23.5. The van der Waals surface area contributed by atoms with Crippen LogP contribution in [-0.2, 0) is 0 Å². The third kappa shape index (κ3) is 6.03. The van der Waals surface area contributed by atoms with Crippen molar-refractivity contribution in [2.75, 3.05) is 57.5 Å². The second-order valence-corrected chi connectivity index (χ2v) is 12.3. The molecule has 0 atom stereocenters. The van der Waals surface area contributed by atoms with Crippen LogP contribution in [-0.4, -0.2) is 106 Å². The summed E-state index contributed by atoms with van der Waals surface area (Å²) in [6, 6.07) is 1.09. The molecule has 0 bridgehead atoms. The van der Waals surface area contributed by atoms with E-state index in [4.69, 9.17) is 5.41 Å². The SMILES string of the molecule is CN(C)CC1CN(C(=N)c2cnc(-c3[nH]ncc3NC(=O)N3CC(F)(F)CCC34CC4)cc2NCC(C)(C)F)C1.